The number of fused-ring (bicyclic) bond motifs is 1. The summed E-state index contributed by atoms with van der Waals surface area (Å²) < 4.78 is 5.84. The number of ketones is 1. The summed E-state index contributed by atoms with van der Waals surface area (Å²) in [7, 11) is 0. The topological polar surface area (TPSA) is 96.7 Å². The number of aromatic nitrogens is 1. The van der Waals surface area contributed by atoms with Crippen LogP contribution in [0.15, 0.2) is 22.6 Å². The van der Waals surface area contributed by atoms with Crippen LogP contribution in [0.3, 0.4) is 0 Å². The Kier molecular flexibility index (Phi) is 8.77. The average molecular weight is 504 g/mol. The van der Waals surface area contributed by atoms with Crippen LogP contribution in [0.2, 0.25) is 0 Å². The summed E-state index contributed by atoms with van der Waals surface area (Å²) in [5, 5.41) is 24.8. The third kappa shape index (κ3) is 6.69. The van der Waals surface area contributed by atoms with Gasteiger partial charge in [0.05, 0.1) is 34.7 Å². The normalized spacial score (nSPS) is 36.7. The van der Waals surface area contributed by atoms with Gasteiger partial charge in [-0.1, -0.05) is 39.3 Å². The van der Waals surface area contributed by atoms with Crippen molar-refractivity contribution in [3.8, 4) is 0 Å². The molecule has 0 aromatic carbocycles. The van der Waals surface area contributed by atoms with Crippen LogP contribution in [0.1, 0.15) is 77.9 Å². The molecule has 0 radical (unpaired) electrons. The number of hydrogen-bond donors (Lipinski definition) is 2. The van der Waals surface area contributed by atoms with E-state index in [-0.39, 0.29) is 18.1 Å². The van der Waals surface area contributed by atoms with Crippen LogP contribution in [-0.4, -0.2) is 45.3 Å². The van der Waals surface area contributed by atoms with E-state index < -0.39 is 35.6 Å². The molecule has 0 amide bonds. The van der Waals surface area contributed by atoms with E-state index in [0.29, 0.717) is 18.3 Å². The molecule has 2 unspecified atom stereocenters. The summed E-state index contributed by atoms with van der Waals surface area (Å²) in [5.41, 5.74) is 1.76. The van der Waals surface area contributed by atoms with Crippen molar-refractivity contribution in [2.75, 3.05) is 0 Å². The lowest BCUT2D eigenvalue weighted by Gasteiger charge is -2.34. The number of aliphatic hydroxyl groups excluding tert-OH is 2. The lowest BCUT2D eigenvalue weighted by Crippen LogP contribution is -2.46. The molecule has 2 aliphatic rings. The smallest absolute Gasteiger partial charge is 0.309 e. The fourth-order valence-electron chi connectivity index (χ4n) is 5.29. The van der Waals surface area contributed by atoms with Crippen molar-refractivity contribution in [2.45, 2.75) is 92.5 Å². The van der Waals surface area contributed by atoms with Crippen molar-refractivity contribution in [3.05, 3.63) is 33.3 Å². The van der Waals surface area contributed by atoms with Crippen LogP contribution in [0.5, 0.6) is 0 Å². The predicted molar refractivity (Wildman–Crippen MR) is 139 cm³/mol. The number of thiazole rings is 1. The first kappa shape index (κ1) is 27.8. The van der Waals surface area contributed by atoms with Gasteiger partial charge in [-0.3, -0.25) is 9.59 Å². The molecule has 35 heavy (non-hydrogen) atoms. The second-order valence-electron chi connectivity index (χ2n) is 11.3. The van der Waals surface area contributed by atoms with Crippen molar-refractivity contribution < 1.29 is 24.5 Å². The predicted octanol–water partition coefficient (Wildman–Crippen LogP) is 5.12. The van der Waals surface area contributed by atoms with Crippen LogP contribution < -0.4 is 0 Å². The van der Waals surface area contributed by atoms with Gasteiger partial charge in [0.25, 0.3) is 0 Å². The SMILES string of the molecule is CC(=Cc1csc(C)n1)[C@H]1C/C=C(/C)CC2CC2[C@@H](C)[C@H](O)[C@@H](C)C(=O)C(C)(C)[C@@H](O)CC(=O)O1. The Balaban J connectivity index is 1.89. The van der Waals surface area contributed by atoms with E-state index in [0.717, 1.165) is 29.1 Å². The van der Waals surface area contributed by atoms with Gasteiger partial charge < -0.3 is 14.9 Å². The van der Waals surface area contributed by atoms with E-state index in [9.17, 15) is 19.8 Å². The highest BCUT2D eigenvalue weighted by Gasteiger charge is 2.47. The molecule has 194 valence electrons. The van der Waals surface area contributed by atoms with Gasteiger partial charge in [0, 0.05) is 17.7 Å². The minimum absolute atomic E-state index is 0.00272. The molecule has 3 rings (SSSR count). The lowest BCUT2D eigenvalue weighted by atomic mass is 9.72. The highest BCUT2D eigenvalue weighted by molar-refractivity contribution is 7.09. The quantitative estimate of drug-likeness (QED) is 0.429. The molecule has 7 atom stereocenters. The second-order valence-corrected chi connectivity index (χ2v) is 12.3. The molecule has 0 spiro atoms. The Morgan fingerprint density at radius 2 is 1.89 bits per heavy atom. The van der Waals surface area contributed by atoms with Gasteiger partial charge in [-0.15, -0.1) is 11.3 Å². The number of aryl methyl sites for hydroxylation is 1. The number of hydrogen-bond acceptors (Lipinski definition) is 7. The van der Waals surface area contributed by atoms with Crippen molar-refractivity contribution in [3.63, 3.8) is 0 Å². The van der Waals surface area contributed by atoms with E-state index in [1.807, 2.05) is 32.2 Å². The molecular weight excluding hydrogens is 462 g/mol. The summed E-state index contributed by atoms with van der Waals surface area (Å²) in [6, 6.07) is 0. The van der Waals surface area contributed by atoms with Gasteiger partial charge in [-0.25, -0.2) is 4.98 Å². The first-order valence-electron chi connectivity index (χ1n) is 12.7. The molecule has 1 fully saturated rings. The van der Waals surface area contributed by atoms with Crippen molar-refractivity contribution >= 4 is 29.2 Å². The van der Waals surface area contributed by atoms with E-state index in [1.54, 1.807) is 32.1 Å². The van der Waals surface area contributed by atoms with E-state index in [1.165, 1.54) is 5.57 Å². The highest BCUT2D eigenvalue weighted by Crippen LogP contribution is 2.50. The largest absolute Gasteiger partial charge is 0.457 e. The van der Waals surface area contributed by atoms with Gasteiger partial charge >= 0.3 is 5.97 Å². The molecule has 2 N–H and O–H groups in total. The van der Waals surface area contributed by atoms with Crippen LogP contribution in [0.25, 0.3) is 6.08 Å². The number of nitrogens with zero attached hydrogens (tertiary/aromatic N) is 1. The second kappa shape index (κ2) is 11.1. The van der Waals surface area contributed by atoms with Gasteiger partial charge in [0.2, 0.25) is 0 Å². The minimum atomic E-state index is -1.21. The fourth-order valence-corrected chi connectivity index (χ4v) is 5.86. The zero-order valence-electron chi connectivity index (χ0n) is 22.1. The number of allylic oxidation sites excluding steroid dienone is 1. The molecule has 2 heterocycles. The molecule has 0 saturated heterocycles. The standard InChI is InChI=1S/C28H41NO5S/c1-15-8-9-23(16(2)11-21-14-35-19(5)29-21)34-25(31)13-24(30)28(6,7)27(33)18(4)26(32)17(3)22-12-20(22)10-15/h8,11,14,17-18,20,22-24,26,30,32H,9-10,12-13H2,1-7H3/b15-8-,16-11?/t17-,18-,20?,22?,23-,24+,26+/m1/s1. The number of Topliss-reactive ketones (excluding diaryl/α,β-unsaturated/α-hetero) is 1. The Hall–Kier alpha value is -1.83. The molecular formula is C28H41NO5S. The molecule has 7 heteroatoms. The summed E-state index contributed by atoms with van der Waals surface area (Å²) in [6.45, 7) is 13.0. The summed E-state index contributed by atoms with van der Waals surface area (Å²) in [6.07, 6.45) is 3.83. The summed E-state index contributed by atoms with van der Waals surface area (Å²) in [4.78, 5) is 30.7. The number of cyclic esters (lactones) is 1. The van der Waals surface area contributed by atoms with E-state index in [4.69, 9.17) is 4.74 Å². The molecule has 1 aromatic rings. The van der Waals surface area contributed by atoms with Crippen LogP contribution in [0, 0.1) is 36.0 Å². The number of ether oxygens (including phenoxy) is 1. The van der Waals surface area contributed by atoms with Crippen LogP contribution in [-0.2, 0) is 14.3 Å². The Morgan fingerprint density at radius 3 is 2.51 bits per heavy atom. The monoisotopic (exact) mass is 503 g/mol. The molecule has 1 aromatic heterocycles. The number of esters is 1. The van der Waals surface area contributed by atoms with Gasteiger partial charge in [0.1, 0.15) is 11.9 Å². The molecule has 6 nitrogen and oxygen atoms in total. The van der Waals surface area contributed by atoms with Gasteiger partial charge in [-0.2, -0.15) is 0 Å². The molecule has 0 bridgehead atoms. The third-order valence-corrected chi connectivity index (χ3v) is 8.80. The lowest BCUT2D eigenvalue weighted by molar-refractivity contribution is -0.154. The first-order valence-corrected chi connectivity index (χ1v) is 13.5. The van der Waals surface area contributed by atoms with Gasteiger partial charge in [-0.05, 0) is 63.0 Å². The molecule has 1 aliphatic heterocycles. The highest BCUT2D eigenvalue weighted by atomic mass is 32.1. The first-order chi connectivity index (χ1) is 16.3. The maximum Gasteiger partial charge on any atom is 0.309 e. The summed E-state index contributed by atoms with van der Waals surface area (Å²) in [5.74, 6) is -0.544. The van der Waals surface area contributed by atoms with E-state index >= 15 is 0 Å². The zero-order valence-corrected chi connectivity index (χ0v) is 22.9. The molecule has 1 aliphatic carbocycles. The number of aliphatic hydroxyl groups is 2. The summed E-state index contributed by atoms with van der Waals surface area (Å²) >= 11 is 1.57. The average Bonchev–Trinajstić information content (AvgIpc) is 3.43. The number of carbonyl (C=O) groups is 2. The van der Waals surface area contributed by atoms with Crippen LogP contribution in [0.4, 0.5) is 0 Å². The minimum Gasteiger partial charge on any atom is -0.457 e. The number of rotatable bonds is 2. The number of carbonyl (C=O) groups excluding carboxylic acids is 2. The van der Waals surface area contributed by atoms with Crippen LogP contribution >= 0.6 is 11.3 Å². The maximum atomic E-state index is 13.3. The van der Waals surface area contributed by atoms with Crippen molar-refractivity contribution in [2.24, 2.45) is 29.1 Å². The zero-order chi connectivity index (χ0) is 26.1. The molecule has 1 saturated carbocycles. The van der Waals surface area contributed by atoms with Gasteiger partial charge in [0.15, 0.2) is 0 Å². The third-order valence-electron chi connectivity index (χ3n) is 8.00. The Morgan fingerprint density at radius 1 is 1.20 bits per heavy atom. The van der Waals surface area contributed by atoms with E-state index in [2.05, 4.69) is 18.0 Å². The van der Waals surface area contributed by atoms with Crippen molar-refractivity contribution in [1.82, 2.24) is 4.98 Å². The fraction of sp³-hybridized carbons (Fsp3) is 0.679. The Labute approximate surface area is 213 Å². The van der Waals surface area contributed by atoms with Crippen molar-refractivity contribution in [1.29, 1.82) is 0 Å². The maximum absolute atomic E-state index is 13.3. The Bertz CT molecular complexity index is 993.